The summed E-state index contributed by atoms with van der Waals surface area (Å²) in [5, 5.41) is 7.82. The molecule has 0 aromatic carbocycles. The maximum Gasteiger partial charge on any atom is 0.250 e. The third kappa shape index (κ3) is 5.72. The van der Waals surface area contributed by atoms with Crippen LogP contribution in [0.25, 0.3) is 0 Å². The zero-order valence-corrected chi connectivity index (χ0v) is 15.8. The molecule has 1 saturated heterocycles. The van der Waals surface area contributed by atoms with Crippen molar-refractivity contribution in [1.82, 2.24) is 15.4 Å². The molecule has 1 unspecified atom stereocenters. The molecule has 0 spiro atoms. The van der Waals surface area contributed by atoms with E-state index in [1.807, 2.05) is 6.92 Å². The predicted molar refractivity (Wildman–Crippen MR) is 95.7 cm³/mol. The van der Waals surface area contributed by atoms with E-state index in [2.05, 4.69) is 20.3 Å². The Morgan fingerprint density at radius 2 is 2.25 bits per heavy atom. The molecule has 0 radical (unpaired) electrons. The molecule has 1 aromatic heterocycles. The number of hydrogen-bond acceptors (Lipinski definition) is 6. The van der Waals surface area contributed by atoms with Crippen LogP contribution in [0, 0.1) is 0 Å². The van der Waals surface area contributed by atoms with Gasteiger partial charge in [-0.1, -0.05) is 6.07 Å². The van der Waals surface area contributed by atoms with Gasteiger partial charge in [-0.2, -0.15) is 0 Å². The zero-order chi connectivity index (χ0) is 17.6. The smallest absolute Gasteiger partial charge is 0.250 e. The molecule has 0 aliphatic carbocycles. The lowest BCUT2D eigenvalue weighted by atomic mass is 10.3. The molecule has 136 valence electrons. The van der Waals surface area contributed by atoms with E-state index in [4.69, 9.17) is 0 Å². The van der Waals surface area contributed by atoms with Crippen molar-refractivity contribution < 1.29 is 16.8 Å². The van der Waals surface area contributed by atoms with E-state index in [9.17, 15) is 16.8 Å². The first-order valence-corrected chi connectivity index (χ1v) is 11.8. The van der Waals surface area contributed by atoms with Crippen LogP contribution in [0.3, 0.4) is 0 Å². The third-order valence-electron chi connectivity index (χ3n) is 3.35. The minimum Gasteiger partial charge on any atom is -0.357 e. The second-order valence-electron chi connectivity index (χ2n) is 5.33. The van der Waals surface area contributed by atoms with E-state index in [0.29, 0.717) is 18.9 Å². The van der Waals surface area contributed by atoms with Gasteiger partial charge in [0, 0.05) is 19.1 Å². The summed E-state index contributed by atoms with van der Waals surface area (Å²) in [4.78, 5) is 4.29. The van der Waals surface area contributed by atoms with Crippen molar-refractivity contribution in [1.29, 1.82) is 0 Å². The molecule has 1 aliphatic rings. The van der Waals surface area contributed by atoms with Gasteiger partial charge in [0.05, 0.1) is 18.1 Å². The maximum atomic E-state index is 12.0. The molecular weight excluding hydrogens is 372 g/mol. The van der Waals surface area contributed by atoms with Gasteiger partial charge in [-0.25, -0.2) is 21.6 Å². The van der Waals surface area contributed by atoms with Crippen LogP contribution < -0.4 is 15.4 Å². The number of thiophene rings is 1. The molecule has 1 aromatic rings. The van der Waals surface area contributed by atoms with Gasteiger partial charge in [-0.3, -0.25) is 4.99 Å². The standard InChI is InChI=1S/C13H22N4O4S3/c1-2-14-13(17-11-5-9-23(18,19)10-11)15-6-7-16-24(20,21)12-4-3-8-22-12/h3-4,8,11,16H,2,5-7,9-10H2,1H3,(H2,14,15,17). The number of guanidine groups is 1. The summed E-state index contributed by atoms with van der Waals surface area (Å²) in [6, 6.07) is 3.07. The van der Waals surface area contributed by atoms with E-state index >= 15 is 0 Å². The lowest BCUT2D eigenvalue weighted by Crippen LogP contribution is -2.44. The Kier molecular flexibility index (Phi) is 6.61. The fraction of sp³-hybridized carbons (Fsp3) is 0.615. The summed E-state index contributed by atoms with van der Waals surface area (Å²) in [5.41, 5.74) is 0. The third-order valence-corrected chi connectivity index (χ3v) is 7.98. The second kappa shape index (κ2) is 8.28. The van der Waals surface area contributed by atoms with Crippen molar-refractivity contribution >= 4 is 37.2 Å². The van der Waals surface area contributed by atoms with Crippen LogP contribution in [-0.4, -0.2) is 60.0 Å². The van der Waals surface area contributed by atoms with Crippen LogP contribution in [0.1, 0.15) is 13.3 Å². The first-order valence-electron chi connectivity index (χ1n) is 7.61. The van der Waals surface area contributed by atoms with Crippen LogP contribution in [-0.2, 0) is 19.9 Å². The molecule has 24 heavy (non-hydrogen) atoms. The van der Waals surface area contributed by atoms with Crippen LogP contribution >= 0.6 is 11.3 Å². The minimum absolute atomic E-state index is 0.0996. The normalized spacial score (nSPS) is 20.9. The van der Waals surface area contributed by atoms with Crippen LogP contribution in [0.15, 0.2) is 26.7 Å². The van der Waals surface area contributed by atoms with Gasteiger partial charge in [0.15, 0.2) is 15.8 Å². The quantitative estimate of drug-likeness (QED) is 0.334. The SMILES string of the molecule is CCNC(=NCCNS(=O)(=O)c1cccs1)NC1CCS(=O)(=O)C1. The highest BCUT2D eigenvalue weighted by atomic mass is 32.2. The molecule has 2 heterocycles. The van der Waals surface area contributed by atoms with Gasteiger partial charge in [0.2, 0.25) is 10.0 Å². The van der Waals surface area contributed by atoms with Crippen molar-refractivity contribution in [3.8, 4) is 0 Å². The van der Waals surface area contributed by atoms with Crippen molar-refractivity contribution in [2.45, 2.75) is 23.6 Å². The summed E-state index contributed by atoms with van der Waals surface area (Å²) in [6.45, 7) is 2.95. The molecule has 8 nitrogen and oxygen atoms in total. The Labute approximate surface area is 146 Å². The van der Waals surface area contributed by atoms with E-state index in [0.717, 1.165) is 11.3 Å². The zero-order valence-electron chi connectivity index (χ0n) is 13.4. The molecule has 1 aliphatic heterocycles. The average molecular weight is 395 g/mol. The molecule has 11 heteroatoms. The van der Waals surface area contributed by atoms with E-state index in [1.54, 1.807) is 17.5 Å². The monoisotopic (exact) mass is 394 g/mol. The molecule has 1 atom stereocenters. The number of sulfone groups is 1. The first kappa shape index (κ1) is 19.2. The highest BCUT2D eigenvalue weighted by Gasteiger charge is 2.28. The van der Waals surface area contributed by atoms with E-state index in [-0.39, 0.29) is 34.8 Å². The summed E-state index contributed by atoms with van der Waals surface area (Å²) in [5.74, 6) is 0.780. The topological polar surface area (TPSA) is 117 Å². The second-order valence-corrected chi connectivity index (χ2v) is 10.5. The number of hydrogen-bond donors (Lipinski definition) is 3. The fourth-order valence-electron chi connectivity index (χ4n) is 2.26. The fourth-order valence-corrected chi connectivity index (χ4v) is 5.99. The van der Waals surface area contributed by atoms with Gasteiger partial charge >= 0.3 is 0 Å². The summed E-state index contributed by atoms with van der Waals surface area (Å²) >= 11 is 1.16. The Morgan fingerprint density at radius 3 is 2.83 bits per heavy atom. The number of sulfonamides is 1. The van der Waals surface area contributed by atoms with Crippen molar-refractivity contribution in [3.63, 3.8) is 0 Å². The van der Waals surface area contributed by atoms with Gasteiger partial charge in [-0.15, -0.1) is 11.3 Å². The van der Waals surface area contributed by atoms with Crippen molar-refractivity contribution in [2.75, 3.05) is 31.1 Å². The Balaban J connectivity index is 1.85. The molecule has 0 bridgehead atoms. The van der Waals surface area contributed by atoms with Crippen LogP contribution in [0.2, 0.25) is 0 Å². The Bertz CT molecular complexity index is 757. The van der Waals surface area contributed by atoms with Gasteiger partial charge in [0.25, 0.3) is 0 Å². The van der Waals surface area contributed by atoms with Crippen LogP contribution in [0.5, 0.6) is 0 Å². The number of aliphatic imine (C=N–C) groups is 1. The highest BCUT2D eigenvalue weighted by molar-refractivity contribution is 7.91. The van der Waals surface area contributed by atoms with E-state index in [1.165, 1.54) is 0 Å². The first-order chi connectivity index (χ1) is 11.3. The largest absolute Gasteiger partial charge is 0.357 e. The summed E-state index contributed by atoms with van der Waals surface area (Å²) in [6.07, 6.45) is 0.553. The van der Waals surface area contributed by atoms with Crippen molar-refractivity contribution in [3.05, 3.63) is 17.5 Å². The average Bonchev–Trinajstić information content (AvgIpc) is 3.14. The molecule has 2 rings (SSSR count). The maximum absolute atomic E-state index is 12.0. The lowest BCUT2D eigenvalue weighted by molar-refractivity contribution is 0.583. The van der Waals surface area contributed by atoms with E-state index < -0.39 is 19.9 Å². The lowest BCUT2D eigenvalue weighted by Gasteiger charge is -2.15. The Morgan fingerprint density at radius 1 is 1.46 bits per heavy atom. The van der Waals surface area contributed by atoms with Crippen LogP contribution in [0.4, 0.5) is 0 Å². The molecular formula is C13H22N4O4S3. The molecule has 0 amide bonds. The summed E-state index contributed by atoms with van der Waals surface area (Å²) < 4.78 is 49.7. The molecule has 1 fully saturated rings. The Hall–Kier alpha value is -1.17. The predicted octanol–water partition coefficient (Wildman–Crippen LogP) is -0.231. The van der Waals surface area contributed by atoms with Gasteiger partial charge < -0.3 is 10.6 Å². The summed E-state index contributed by atoms with van der Waals surface area (Å²) in [7, 11) is -6.45. The molecule has 3 N–H and O–H groups in total. The number of nitrogens with zero attached hydrogens (tertiary/aromatic N) is 1. The van der Waals surface area contributed by atoms with Crippen molar-refractivity contribution in [2.24, 2.45) is 4.99 Å². The number of rotatable bonds is 7. The van der Waals surface area contributed by atoms with Gasteiger partial charge in [0.1, 0.15) is 4.21 Å². The van der Waals surface area contributed by atoms with Gasteiger partial charge in [-0.05, 0) is 24.8 Å². The highest BCUT2D eigenvalue weighted by Crippen LogP contribution is 2.14. The number of nitrogens with one attached hydrogen (secondary N) is 3. The molecule has 0 saturated carbocycles. The minimum atomic E-state index is -3.49.